The van der Waals surface area contributed by atoms with E-state index in [9.17, 15) is 33.6 Å². The average Bonchev–Trinajstić information content (AvgIpc) is 3.45. The molecule has 230 valence electrons. The number of Topliss-reactive ketones (excluding diaryl/α,β-unsaturated/α-hetero) is 1. The second-order valence-corrected chi connectivity index (χ2v) is 8.95. The molecular formula is C26H33N3O13. The van der Waals surface area contributed by atoms with Crippen molar-refractivity contribution in [1.29, 1.82) is 0 Å². The van der Waals surface area contributed by atoms with E-state index in [2.05, 4.69) is 16.0 Å². The Kier molecular flexibility index (Phi) is 12.7. The van der Waals surface area contributed by atoms with Gasteiger partial charge in [-0.1, -0.05) is 0 Å². The molecule has 2 rings (SSSR count). The molecule has 2 heterocycles. The number of ketones is 1. The molecule has 0 spiro atoms. The number of ether oxygens (including phenoxy) is 5. The Labute approximate surface area is 240 Å². The minimum absolute atomic E-state index is 0.0964. The lowest BCUT2D eigenvalue weighted by Crippen LogP contribution is -2.65. The molecule has 1 aliphatic rings. The van der Waals surface area contributed by atoms with Gasteiger partial charge in [-0.05, 0) is 18.2 Å². The van der Waals surface area contributed by atoms with E-state index in [0.29, 0.717) is 0 Å². The maximum absolute atomic E-state index is 12.8. The molecule has 0 fully saturated rings. The topological polar surface area (TPSA) is 215 Å². The Morgan fingerprint density at radius 2 is 1.62 bits per heavy atom. The van der Waals surface area contributed by atoms with Crippen LogP contribution in [0.2, 0.25) is 0 Å². The molecule has 16 heteroatoms. The second-order valence-electron chi connectivity index (χ2n) is 8.95. The van der Waals surface area contributed by atoms with Crippen LogP contribution in [0.15, 0.2) is 34.6 Å². The van der Waals surface area contributed by atoms with Crippen LogP contribution >= 0.6 is 0 Å². The summed E-state index contributed by atoms with van der Waals surface area (Å²) >= 11 is 0. The van der Waals surface area contributed by atoms with Crippen LogP contribution in [0.25, 0.3) is 0 Å². The Morgan fingerprint density at radius 1 is 0.929 bits per heavy atom. The fraction of sp³-hybridized carbons (Fsp3) is 0.500. The van der Waals surface area contributed by atoms with Gasteiger partial charge in [0, 0.05) is 27.7 Å². The maximum Gasteiger partial charge on any atom is 0.373 e. The molecule has 0 radical (unpaired) electrons. The molecule has 0 bridgehead atoms. The average molecular weight is 596 g/mol. The third-order valence-electron chi connectivity index (χ3n) is 5.55. The van der Waals surface area contributed by atoms with Crippen LogP contribution < -0.4 is 16.0 Å². The summed E-state index contributed by atoms with van der Waals surface area (Å²) in [5, 5.41) is 7.86. The van der Waals surface area contributed by atoms with Crippen molar-refractivity contribution in [3.8, 4) is 0 Å². The fourth-order valence-electron chi connectivity index (χ4n) is 3.96. The normalized spacial score (nSPS) is 19.1. The van der Waals surface area contributed by atoms with Gasteiger partial charge >= 0.3 is 23.9 Å². The van der Waals surface area contributed by atoms with Gasteiger partial charge in [-0.3, -0.25) is 28.8 Å². The van der Waals surface area contributed by atoms with Crippen molar-refractivity contribution in [3.63, 3.8) is 0 Å². The van der Waals surface area contributed by atoms with Crippen LogP contribution in [0.1, 0.15) is 38.2 Å². The Bertz CT molecular complexity index is 1190. The smallest absolute Gasteiger partial charge is 0.373 e. The summed E-state index contributed by atoms with van der Waals surface area (Å²) in [4.78, 5) is 85.2. The van der Waals surface area contributed by atoms with E-state index in [4.69, 9.17) is 28.1 Å². The third-order valence-corrected chi connectivity index (χ3v) is 5.55. The highest BCUT2D eigenvalue weighted by atomic mass is 16.6. The van der Waals surface area contributed by atoms with E-state index in [0.717, 1.165) is 27.9 Å². The molecule has 1 aromatic rings. The van der Waals surface area contributed by atoms with E-state index in [-0.39, 0.29) is 18.8 Å². The molecule has 42 heavy (non-hydrogen) atoms. The number of rotatable bonds is 14. The van der Waals surface area contributed by atoms with Crippen LogP contribution in [-0.4, -0.2) is 98.7 Å². The van der Waals surface area contributed by atoms with Crippen molar-refractivity contribution in [3.05, 3.63) is 36.0 Å². The number of hydrogen-bond donors (Lipinski definition) is 3. The molecule has 5 atom stereocenters. The highest BCUT2D eigenvalue weighted by Gasteiger charge is 2.48. The molecule has 2 amide bonds. The molecule has 0 aliphatic carbocycles. The highest BCUT2D eigenvalue weighted by molar-refractivity contribution is 5.95. The zero-order chi connectivity index (χ0) is 31.4. The molecule has 1 aromatic heterocycles. The standard InChI is InChI=1S/C26H33N3O13/c1-13(30)28-23-17(29-22(35)11-27-10-18(34)19-7-6-8-38-19)9-20(26(36)37-5)42-25(23)24(41-16(4)33)21(40-15(3)32)12-39-14(2)31/h6-9,17,21,23-25,27H,10-12H2,1-5H3,(H,28,30)(H,29,35)/t17-,21+,23+,24-,25-/m0/s1. The quantitative estimate of drug-likeness (QED) is 0.133. The van der Waals surface area contributed by atoms with Gasteiger partial charge in [0.05, 0.1) is 38.5 Å². The Hall–Kier alpha value is -4.73. The third kappa shape index (κ3) is 10.3. The summed E-state index contributed by atoms with van der Waals surface area (Å²) in [6.07, 6.45) is -2.02. The van der Waals surface area contributed by atoms with Crippen LogP contribution in [-0.2, 0) is 52.5 Å². The zero-order valence-electron chi connectivity index (χ0n) is 23.6. The summed E-state index contributed by atoms with van der Waals surface area (Å²) < 4.78 is 31.2. The molecule has 0 saturated carbocycles. The van der Waals surface area contributed by atoms with Gasteiger partial charge in [0.25, 0.3) is 0 Å². The number of nitrogens with one attached hydrogen (secondary N) is 3. The Morgan fingerprint density at radius 3 is 2.17 bits per heavy atom. The molecular weight excluding hydrogens is 562 g/mol. The van der Waals surface area contributed by atoms with Crippen LogP contribution in [0.3, 0.4) is 0 Å². The maximum atomic E-state index is 12.8. The van der Waals surface area contributed by atoms with Crippen LogP contribution in [0.5, 0.6) is 0 Å². The van der Waals surface area contributed by atoms with E-state index in [1.54, 1.807) is 0 Å². The number of furan rings is 1. The molecule has 0 aromatic carbocycles. The number of carbonyl (C=O) groups excluding carboxylic acids is 7. The van der Waals surface area contributed by atoms with Gasteiger partial charge in [-0.2, -0.15) is 0 Å². The first-order valence-corrected chi connectivity index (χ1v) is 12.6. The monoisotopic (exact) mass is 595 g/mol. The largest absolute Gasteiger partial charge is 0.477 e. The fourth-order valence-corrected chi connectivity index (χ4v) is 3.96. The first-order chi connectivity index (χ1) is 19.8. The highest BCUT2D eigenvalue weighted by Crippen LogP contribution is 2.27. The first-order valence-electron chi connectivity index (χ1n) is 12.6. The lowest BCUT2D eigenvalue weighted by Gasteiger charge is -2.42. The summed E-state index contributed by atoms with van der Waals surface area (Å²) in [6, 6.07) is 0.593. The molecule has 1 aliphatic heterocycles. The van der Waals surface area contributed by atoms with Gasteiger partial charge < -0.3 is 44.1 Å². The lowest BCUT2D eigenvalue weighted by atomic mass is 9.91. The minimum Gasteiger partial charge on any atom is -0.477 e. The number of methoxy groups -OCH3 is 1. The number of carbonyl (C=O) groups is 7. The number of amides is 2. The molecule has 16 nitrogen and oxygen atoms in total. The van der Waals surface area contributed by atoms with Crippen molar-refractivity contribution in [1.82, 2.24) is 16.0 Å². The first kappa shape index (κ1) is 33.5. The van der Waals surface area contributed by atoms with Gasteiger partial charge in [0.2, 0.25) is 23.4 Å². The van der Waals surface area contributed by atoms with E-state index in [1.165, 1.54) is 31.4 Å². The van der Waals surface area contributed by atoms with E-state index in [1.807, 2.05) is 0 Å². The van der Waals surface area contributed by atoms with E-state index >= 15 is 0 Å². The summed E-state index contributed by atoms with van der Waals surface area (Å²) in [5.74, 6) is -5.43. The summed E-state index contributed by atoms with van der Waals surface area (Å²) in [6.45, 7) is 3.20. The summed E-state index contributed by atoms with van der Waals surface area (Å²) in [5.41, 5.74) is 0. The lowest BCUT2D eigenvalue weighted by molar-refractivity contribution is -0.188. The SMILES string of the molecule is COC(=O)C1=C[C@H](NC(=O)CNCC(=O)c2ccco2)[C@@H](NC(C)=O)[C@@H]([C@@H](OC(C)=O)[C@@H](COC(C)=O)OC(C)=O)O1. The van der Waals surface area contributed by atoms with Gasteiger partial charge in [-0.25, -0.2) is 4.79 Å². The van der Waals surface area contributed by atoms with Gasteiger partial charge in [-0.15, -0.1) is 0 Å². The van der Waals surface area contributed by atoms with Crippen molar-refractivity contribution >= 4 is 41.5 Å². The molecule has 3 N–H and O–H groups in total. The van der Waals surface area contributed by atoms with Crippen molar-refractivity contribution in [2.45, 2.75) is 58.1 Å². The van der Waals surface area contributed by atoms with Crippen molar-refractivity contribution in [2.24, 2.45) is 0 Å². The van der Waals surface area contributed by atoms with Crippen LogP contribution in [0, 0.1) is 0 Å². The van der Waals surface area contributed by atoms with Crippen molar-refractivity contribution in [2.75, 3.05) is 26.8 Å². The predicted molar refractivity (Wildman–Crippen MR) is 138 cm³/mol. The Balaban J connectivity index is 2.41. The summed E-state index contributed by atoms with van der Waals surface area (Å²) in [7, 11) is 1.07. The van der Waals surface area contributed by atoms with Crippen molar-refractivity contribution < 1.29 is 61.7 Å². The number of hydrogen-bond acceptors (Lipinski definition) is 14. The van der Waals surface area contributed by atoms with E-state index < -0.39 is 84.2 Å². The molecule has 0 unspecified atom stereocenters. The van der Waals surface area contributed by atoms with Gasteiger partial charge in [0.1, 0.15) is 6.61 Å². The van der Waals surface area contributed by atoms with Crippen LogP contribution in [0.4, 0.5) is 0 Å². The predicted octanol–water partition coefficient (Wildman–Crippen LogP) is -1.08. The zero-order valence-corrected chi connectivity index (χ0v) is 23.6. The molecule has 0 saturated heterocycles. The van der Waals surface area contributed by atoms with Gasteiger partial charge in [0.15, 0.2) is 24.1 Å². The minimum atomic E-state index is -1.57. The number of esters is 4. The second kappa shape index (κ2) is 15.9.